The Morgan fingerprint density at radius 2 is 2.04 bits per heavy atom. The van der Waals surface area contributed by atoms with Crippen molar-refractivity contribution in [3.8, 4) is 0 Å². The molecule has 1 saturated carbocycles. The highest BCUT2D eigenvalue weighted by Gasteiger charge is 2.25. The van der Waals surface area contributed by atoms with E-state index >= 15 is 0 Å². The molecule has 0 saturated heterocycles. The van der Waals surface area contributed by atoms with Crippen LogP contribution in [0.2, 0.25) is 0 Å². The molecule has 3 aliphatic rings. The average molecular weight is 341 g/mol. The molecule has 2 bridgehead atoms. The minimum atomic E-state index is 0.0277. The van der Waals surface area contributed by atoms with E-state index in [2.05, 4.69) is 25.3 Å². The molecule has 3 rings (SSSR count). The Bertz CT molecular complexity index is 610. The highest BCUT2D eigenvalue weighted by Crippen LogP contribution is 2.34. The largest absolute Gasteiger partial charge is 0.484 e. The molecule has 136 valence electrons. The number of fused-ring (bicyclic) bond motifs is 5. The number of likely N-dealkylation sites (N-methyl/N-ethyl adjacent to an activating group) is 1. The summed E-state index contributed by atoms with van der Waals surface area (Å²) in [6.45, 7) is 13.1. The Kier molecular flexibility index (Phi) is 7.30. The van der Waals surface area contributed by atoms with Gasteiger partial charge in [-0.1, -0.05) is 48.1 Å². The Morgan fingerprint density at radius 1 is 1.28 bits per heavy atom. The molecular formula is C22H31NO2. The molecule has 0 aromatic carbocycles. The van der Waals surface area contributed by atoms with Crippen molar-refractivity contribution in [2.24, 2.45) is 5.92 Å². The van der Waals surface area contributed by atoms with E-state index in [9.17, 15) is 4.79 Å². The normalized spacial score (nSPS) is 19.7. The van der Waals surface area contributed by atoms with E-state index in [1.54, 1.807) is 6.08 Å². The van der Waals surface area contributed by atoms with Gasteiger partial charge in [-0.15, -0.1) is 0 Å². The number of ether oxygens (including phenoxy) is 1. The maximum absolute atomic E-state index is 12.5. The van der Waals surface area contributed by atoms with Crippen LogP contribution in [0.1, 0.15) is 46.0 Å². The van der Waals surface area contributed by atoms with Gasteiger partial charge in [0.25, 0.3) is 5.91 Å². The van der Waals surface area contributed by atoms with Gasteiger partial charge in [0.15, 0.2) is 6.61 Å². The molecule has 0 radical (unpaired) electrons. The van der Waals surface area contributed by atoms with Crippen LogP contribution in [0.15, 0.2) is 59.9 Å². The second-order valence-electron chi connectivity index (χ2n) is 7.04. The van der Waals surface area contributed by atoms with Crippen molar-refractivity contribution in [1.82, 2.24) is 4.90 Å². The molecule has 25 heavy (non-hydrogen) atoms. The third kappa shape index (κ3) is 6.08. The fraction of sp³-hybridized carbons (Fsp3) is 0.500. The fourth-order valence-corrected chi connectivity index (χ4v) is 3.41. The molecular weight excluding hydrogens is 310 g/mol. The molecule has 3 nitrogen and oxygen atoms in total. The molecule has 1 amide bonds. The molecule has 1 atom stereocenters. The summed E-state index contributed by atoms with van der Waals surface area (Å²) in [4.78, 5) is 14.5. The summed E-state index contributed by atoms with van der Waals surface area (Å²) in [5, 5.41) is 0. The molecule has 3 aliphatic carbocycles. The van der Waals surface area contributed by atoms with E-state index < -0.39 is 0 Å². The molecule has 1 fully saturated rings. The SMILES string of the molecule is C=C(C)/C=C\C(=C)OCC(=O)N(CC)CC1CC2=CC=C1CCCC2. The Balaban J connectivity index is 1.88. The van der Waals surface area contributed by atoms with E-state index in [-0.39, 0.29) is 12.5 Å². The number of rotatable bonds is 8. The third-order valence-corrected chi connectivity index (χ3v) is 4.89. The zero-order valence-electron chi connectivity index (χ0n) is 15.7. The second-order valence-corrected chi connectivity index (χ2v) is 7.04. The molecule has 3 heteroatoms. The van der Waals surface area contributed by atoms with Crippen molar-refractivity contribution in [2.45, 2.75) is 46.0 Å². The number of nitrogens with zero attached hydrogens (tertiary/aromatic N) is 1. The zero-order valence-corrected chi connectivity index (χ0v) is 15.7. The number of hydrogen-bond donors (Lipinski definition) is 0. The standard InChI is InChI=1S/C22H31NO2/c1-5-23(22(24)16-25-18(4)11-10-17(2)3)15-21-14-19-8-6-7-9-20(21)13-12-19/h10-13,21H,2,4-9,14-16H2,1,3H3/b11-10-. The molecule has 0 aromatic heterocycles. The van der Waals surface area contributed by atoms with Crippen LogP contribution in [0.25, 0.3) is 0 Å². The van der Waals surface area contributed by atoms with Gasteiger partial charge in [-0.25, -0.2) is 0 Å². The summed E-state index contributed by atoms with van der Waals surface area (Å²) in [5.74, 6) is 0.987. The summed E-state index contributed by atoms with van der Waals surface area (Å²) >= 11 is 0. The van der Waals surface area contributed by atoms with Crippen molar-refractivity contribution in [2.75, 3.05) is 19.7 Å². The minimum absolute atomic E-state index is 0.0277. The Hall–Kier alpha value is -2.03. The molecule has 0 aliphatic heterocycles. The van der Waals surface area contributed by atoms with Crippen molar-refractivity contribution < 1.29 is 9.53 Å². The van der Waals surface area contributed by atoms with Gasteiger partial charge >= 0.3 is 0 Å². The lowest BCUT2D eigenvalue weighted by molar-refractivity contribution is -0.135. The minimum Gasteiger partial charge on any atom is -0.484 e. The van der Waals surface area contributed by atoms with Crippen LogP contribution in [0.5, 0.6) is 0 Å². The number of carbonyl (C=O) groups excluding carboxylic acids is 1. The first-order valence-corrected chi connectivity index (χ1v) is 9.31. The van der Waals surface area contributed by atoms with Gasteiger partial charge in [-0.3, -0.25) is 4.79 Å². The highest BCUT2D eigenvalue weighted by molar-refractivity contribution is 5.77. The van der Waals surface area contributed by atoms with Crippen LogP contribution in [-0.2, 0) is 9.53 Å². The number of hydrogen-bond acceptors (Lipinski definition) is 2. The summed E-state index contributed by atoms with van der Waals surface area (Å²) < 4.78 is 5.49. The monoisotopic (exact) mass is 341 g/mol. The van der Waals surface area contributed by atoms with Crippen molar-refractivity contribution >= 4 is 5.91 Å². The lowest BCUT2D eigenvalue weighted by Crippen LogP contribution is -2.38. The summed E-state index contributed by atoms with van der Waals surface area (Å²) in [6.07, 6.45) is 14.2. The van der Waals surface area contributed by atoms with Crippen LogP contribution >= 0.6 is 0 Å². The molecule has 1 unspecified atom stereocenters. The molecule has 0 N–H and O–H groups in total. The third-order valence-electron chi connectivity index (χ3n) is 4.89. The highest BCUT2D eigenvalue weighted by atomic mass is 16.5. The lowest BCUT2D eigenvalue weighted by Gasteiger charge is -2.32. The van der Waals surface area contributed by atoms with Crippen molar-refractivity contribution in [1.29, 1.82) is 0 Å². The van der Waals surface area contributed by atoms with Gasteiger partial charge in [0.2, 0.25) is 0 Å². The molecule has 0 heterocycles. The van der Waals surface area contributed by atoms with Crippen LogP contribution in [-0.4, -0.2) is 30.5 Å². The maximum atomic E-state index is 12.5. The van der Waals surface area contributed by atoms with Crippen LogP contribution in [0, 0.1) is 5.92 Å². The van der Waals surface area contributed by atoms with Gasteiger partial charge in [0, 0.05) is 19.0 Å². The smallest absolute Gasteiger partial charge is 0.260 e. The Morgan fingerprint density at radius 3 is 2.76 bits per heavy atom. The predicted molar refractivity (Wildman–Crippen MR) is 104 cm³/mol. The second kappa shape index (κ2) is 9.45. The van der Waals surface area contributed by atoms with Gasteiger partial charge < -0.3 is 9.64 Å². The van der Waals surface area contributed by atoms with E-state index in [0.29, 0.717) is 18.2 Å². The number of amides is 1. The van der Waals surface area contributed by atoms with E-state index in [4.69, 9.17) is 4.74 Å². The topological polar surface area (TPSA) is 29.5 Å². The summed E-state index contributed by atoms with van der Waals surface area (Å²) in [5.41, 5.74) is 3.96. The summed E-state index contributed by atoms with van der Waals surface area (Å²) in [6, 6.07) is 0. The number of allylic oxidation sites excluding steroid dienone is 6. The maximum Gasteiger partial charge on any atom is 0.260 e. The van der Waals surface area contributed by atoms with Crippen LogP contribution < -0.4 is 0 Å². The molecule has 0 aromatic rings. The summed E-state index contributed by atoms with van der Waals surface area (Å²) in [7, 11) is 0. The Labute approximate surface area is 152 Å². The van der Waals surface area contributed by atoms with Crippen LogP contribution in [0.4, 0.5) is 0 Å². The van der Waals surface area contributed by atoms with E-state index in [1.807, 2.05) is 24.8 Å². The van der Waals surface area contributed by atoms with Gasteiger partial charge in [-0.05, 0) is 52.0 Å². The first kappa shape index (κ1) is 19.3. The average Bonchev–Trinajstić information content (AvgIpc) is 2.56. The molecule has 0 spiro atoms. The first-order valence-electron chi connectivity index (χ1n) is 9.31. The quantitative estimate of drug-likeness (QED) is 0.462. The van der Waals surface area contributed by atoms with Crippen molar-refractivity contribution in [3.05, 3.63) is 59.9 Å². The fourth-order valence-electron chi connectivity index (χ4n) is 3.41. The van der Waals surface area contributed by atoms with E-state index in [0.717, 1.165) is 18.5 Å². The van der Waals surface area contributed by atoms with Gasteiger partial charge in [0.05, 0.1) is 0 Å². The zero-order chi connectivity index (χ0) is 18.2. The predicted octanol–water partition coefficient (Wildman–Crippen LogP) is 4.94. The van der Waals surface area contributed by atoms with Crippen LogP contribution in [0.3, 0.4) is 0 Å². The number of carbonyl (C=O) groups is 1. The van der Waals surface area contributed by atoms with E-state index in [1.165, 1.54) is 36.8 Å². The van der Waals surface area contributed by atoms with Gasteiger partial charge in [-0.2, -0.15) is 0 Å². The lowest BCUT2D eigenvalue weighted by atomic mass is 9.80. The first-order chi connectivity index (χ1) is 12.0. The van der Waals surface area contributed by atoms with Crippen molar-refractivity contribution in [3.63, 3.8) is 0 Å². The van der Waals surface area contributed by atoms with Gasteiger partial charge in [0.1, 0.15) is 5.76 Å².